The SMILES string of the molecule is CC(C)=CC(C)CC(O)c1cccc(C)c1. The smallest absolute Gasteiger partial charge is 0.0795 e. The maximum absolute atomic E-state index is 10.1. The van der Waals surface area contributed by atoms with E-state index in [1.807, 2.05) is 12.1 Å². The molecule has 0 saturated heterocycles. The molecule has 2 atom stereocenters. The van der Waals surface area contributed by atoms with E-state index >= 15 is 0 Å². The molecule has 1 rings (SSSR count). The third-order valence-electron chi connectivity index (χ3n) is 2.64. The number of allylic oxidation sites excluding steroid dienone is 2. The van der Waals surface area contributed by atoms with Crippen LogP contribution < -0.4 is 0 Å². The Bertz CT molecular complexity index is 361. The average Bonchev–Trinajstić information content (AvgIpc) is 2.16. The number of aryl methyl sites for hydroxylation is 1. The molecule has 0 aliphatic heterocycles. The molecule has 16 heavy (non-hydrogen) atoms. The third kappa shape index (κ3) is 4.19. The maximum atomic E-state index is 10.1. The van der Waals surface area contributed by atoms with Crippen LogP contribution in [0.1, 0.15) is 44.4 Å². The quantitative estimate of drug-likeness (QED) is 0.757. The van der Waals surface area contributed by atoms with Crippen LogP contribution in [0.4, 0.5) is 0 Å². The molecule has 0 aromatic heterocycles. The molecular formula is C15H22O. The fourth-order valence-electron chi connectivity index (χ4n) is 2.00. The van der Waals surface area contributed by atoms with Gasteiger partial charge in [0.15, 0.2) is 0 Å². The van der Waals surface area contributed by atoms with Gasteiger partial charge in [-0.05, 0) is 38.7 Å². The molecule has 0 heterocycles. The summed E-state index contributed by atoms with van der Waals surface area (Å²) in [5.74, 6) is 0.417. The molecule has 0 bridgehead atoms. The number of hydrogen-bond acceptors (Lipinski definition) is 1. The van der Waals surface area contributed by atoms with Crippen molar-refractivity contribution >= 4 is 0 Å². The first-order valence-corrected chi connectivity index (χ1v) is 5.88. The van der Waals surface area contributed by atoms with Gasteiger partial charge in [0.25, 0.3) is 0 Å². The van der Waals surface area contributed by atoms with Crippen molar-refractivity contribution in [1.29, 1.82) is 0 Å². The summed E-state index contributed by atoms with van der Waals surface area (Å²) in [6, 6.07) is 8.10. The minimum atomic E-state index is -0.356. The first-order chi connectivity index (χ1) is 7.49. The Labute approximate surface area is 98.8 Å². The van der Waals surface area contributed by atoms with E-state index in [4.69, 9.17) is 0 Å². The first kappa shape index (κ1) is 13.0. The van der Waals surface area contributed by atoms with Crippen LogP contribution in [0.2, 0.25) is 0 Å². The molecule has 0 amide bonds. The van der Waals surface area contributed by atoms with Crippen molar-refractivity contribution < 1.29 is 5.11 Å². The van der Waals surface area contributed by atoms with Gasteiger partial charge in [-0.2, -0.15) is 0 Å². The van der Waals surface area contributed by atoms with E-state index in [0.29, 0.717) is 5.92 Å². The molecule has 1 nitrogen and oxygen atoms in total. The van der Waals surface area contributed by atoms with Gasteiger partial charge >= 0.3 is 0 Å². The minimum absolute atomic E-state index is 0.356. The molecule has 0 fully saturated rings. The lowest BCUT2D eigenvalue weighted by Crippen LogP contribution is -2.03. The zero-order valence-corrected chi connectivity index (χ0v) is 10.7. The zero-order valence-electron chi connectivity index (χ0n) is 10.7. The van der Waals surface area contributed by atoms with E-state index < -0.39 is 0 Å². The summed E-state index contributed by atoms with van der Waals surface area (Å²) in [5.41, 5.74) is 3.53. The summed E-state index contributed by atoms with van der Waals surface area (Å²) < 4.78 is 0. The summed E-state index contributed by atoms with van der Waals surface area (Å²) in [5, 5.41) is 10.1. The Hall–Kier alpha value is -1.08. The van der Waals surface area contributed by atoms with Gasteiger partial charge in [0.1, 0.15) is 0 Å². The highest BCUT2D eigenvalue weighted by molar-refractivity contribution is 5.24. The molecule has 0 spiro atoms. The van der Waals surface area contributed by atoms with Gasteiger partial charge in [0.2, 0.25) is 0 Å². The summed E-state index contributed by atoms with van der Waals surface area (Å²) in [4.78, 5) is 0. The summed E-state index contributed by atoms with van der Waals surface area (Å²) in [6.07, 6.45) is 2.64. The van der Waals surface area contributed by atoms with Crippen LogP contribution in [0.25, 0.3) is 0 Å². The van der Waals surface area contributed by atoms with Gasteiger partial charge in [-0.25, -0.2) is 0 Å². The van der Waals surface area contributed by atoms with Crippen molar-refractivity contribution in [2.75, 3.05) is 0 Å². The van der Waals surface area contributed by atoms with Crippen molar-refractivity contribution in [2.24, 2.45) is 5.92 Å². The van der Waals surface area contributed by atoms with Crippen molar-refractivity contribution in [1.82, 2.24) is 0 Å². The fourth-order valence-corrected chi connectivity index (χ4v) is 2.00. The van der Waals surface area contributed by atoms with Gasteiger partial charge < -0.3 is 5.11 Å². The predicted octanol–water partition coefficient (Wildman–Crippen LogP) is 4.02. The van der Waals surface area contributed by atoms with Crippen LogP contribution in [-0.2, 0) is 0 Å². The molecule has 1 N–H and O–H groups in total. The monoisotopic (exact) mass is 218 g/mol. The van der Waals surface area contributed by atoms with Gasteiger partial charge in [-0.15, -0.1) is 0 Å². The average molecular weight is 218 g/mol. The number of aliphatic hydroxyl groups is 1. The molecule has 88 valence electrons. The Morgan fingerprint density at radius 3 is 2.62 bits per heavy atom. The van der Waals surface area contributed by atoms with Gasteiger partial charge in [0.05, 0.1) is 6.10 Å². The highest BCUT2D eigenvalue weighted by Crippen LogP contribution is 2.23. The lowest BCUT2D eigenvalue weighted by Gasteiger charge is -2.15. The van der Waals surface area contributed by atoms with E-state index in [0.717, 1.165) is 12.0 Å². The Morgan fingerprint density at radius 2 is 2.06 bits per heavy atom. The van der Waals surface area contributed by atoms with Crippen LogP contribution in [0.5, 0.6) is 0 Å². The van der Waals surface area contributed by atoms with Crippen LogP contribution in [0.15, 0.2) is 35.9 Å². The van der Waals surface area contributed by atoms with E-state index in [2.05, 4.69) is 45.9 Å². The Kier molecular flexibility index (Phi) is 4.75. The van der Waals surface area contributed by atoms with E-state index in [1.165, 1.54) is 11.1 Å². The van der Waals surface area contributed by atoms with Gasteiger partial charge in [-0.1, -0.05) is 48.4 Å². The zero-order chi connectivity index (χ0) is 12.1. The molecule has 2 unspecified atom stereocenters. The standard InChI is InChI=1S/C15H22O/c1-11(2)8-13(4)10-15(16)14-7-5-6-12(3)9-14/h5-9,13,15-16H,10H2,1-4H3. The van der Waals surface area contributed by atoms with Crippen LogP contribution in [-0.4, -0.2) is 5.11 Å². The molecule has 1 aromatic rings. The van der Waals surface area contributed by atoms with Crippen LogP contribution in [0, 0.1) is 12.8 Å². The van der Waals surface area contributed by atoms with Crippen LogP contribution in [0.3, 0.4) is 0 Å². The van der Waals surface area contributed by atoms with Crippen molar-refractivity contribution in [2.45, 2.75) is 40.2 Å². The summed E-state index contributed by atoms with van der Waals surface area (Å²) >= 11 is 0. The lowest BCUT2D eigenvalue weighted by molar-refractivity contribution is 0.155. The molecule has 1 aromatic carbocycles. The highest BCUT2D eigenvalue weighted by atomic mass is 16.3. The Balaban J connectivity index is 2.65. The van der Waals surface area contributed by atoms with Crippen molar-refractivity contribution in [3.8, 4) is 0 Å². The van der Waals surface area contributed by atoms with Crippen LogP contribution >= 0.6 is 0 Å². The Morgan fingerprint density at radius 1 is 1.38 bits per heavy atom. The van der Waals surface area contributed by atoms with Crippen molar-refractivity contribution in [3.05, 3.63) is 47.0 Å². The number of benzene rings is 1. The van der Waals surface area contributed by atoms with Crippen molar-refractivity contribution in [3.63, 3.8) is 0 Å². The molecular weight excluding hydrogens is 196 g/mol. The van der Waals surface area contributed by atoms with Gasteiger partial charge in [-0.3, -0.25) is 0 Å². The number of hydrogen-bond donors (Lipinski definition) is 1. The fraction of sp³-hybridized carbons (Fsp3) is 0.467. The predicted molar refractivity (Wildman–Crippen MR) is 69.4 cm³/mol. The minimum Gasteiger partial charge on any atom is -0.388 e. The lowest BCUT2D eigenvalue weighted by atomic mass is 9.96. The van der Waals surface area contributed by atoms with Gasteiger partial charge in [0, 0.05) is 0 Å². The second kappa shape index (κ2) is 5.86. The number of aliphatic hydroxyl groups excluding tert-OH is 1. The second-order valence-corrected chi connectivity index (χ2v) is 4.89. The largest absolute Gasteiger partial charge is 0.388 e. The molecule has 0 aliphatic carbocycles. The molecule has 0 aliphatic rings. The van der Waals surface area contributed by atoms with E-state index in [1.54, 1.807) is 0 Å². The number of rotatable bonds is 4. The highest BCUT2D eigenvalue weighted by Gasteiger charge is 2.10. The topological polar surface area (TPSA) is 20.2 Å². The normalized spacial score (nSPS) is 14.3. The molecule has 0 saturated carbocycles. The summed E-state index contributed by atoms with van der Waals surface area (Å²) in [6.45, 7) is 8.38. The van der Waals surface area contributed by atoms with E-state index in [9.17, 15) is 5.11 Å². The first-order valence-electron chi connectivity index (χ1n) is 5.88. The molecule has 1 heteroatoms. The maximum Gasteiger partial charge on any atom is 0.0795 e. The third-order valence-corrected chi connectivity index (χ3v) is 2.64. The molecule has 0 radical (unpaired) electrons. The van der Waals surface area contributed by atoms with E-state index in [-0.39, 0.29) is 6.10 Å². The summed E-state index contributed by atoms with van der Waals surface area (Å²) in [7, 11) is 0. The second-order valence-electron chi connectivity index (χ2n) is 4.89.